The number of aryl methyl sites for hydroxylation is 1. The summed E-state index contributed by atoms with van der Waals surface area (Å²) in [5.41, 5.74) is 6.25. The maximum Gasteiger partial charge on any atom is 0.139 e. The molecule has 7 heterocycles. The molecular formula is C31H25FN8. The molecule has 5 aromatic rings. The first-order valence-corrected chi connectivity index (χ1v) is 13.1. The minimum atomic E-state index is -0.335. The van der Waals surface area contributed by atoms with Gasteiger partial charge in [-0.15, -0.1) is 6.42 Å². The third-order valence-corrected chi connectivity index (χ3v) is 8.05. The van der Waals surface area contributed by atoms with Crippen molar-refractivity contribution in [2.75, 3.05) is 18.0 Å². The number of piperazine rings is 1. The average molecular weight is 529 g/mol. The predicted molar refractivity (Wildman–Crippen MR) is 150 cm³/mol. The van der Waals surface area contributed by atoms with E-state index < -0.39 is 0 Å². The summed E-state index contributed by atoms with van der Waals surface area (Å²) in [5.74, 6) is 2.97. The molecule has 40 heavy (non-hydrogen) atoms. The summed E-state index contributed by atoms with van der Waals surface area (Å²) >= 11 is 0. The fraction of sp³-hybridized carbons (Fsp3) is 0.226. The zero-order chi connectivity index (χ0) is 27.4. The average Bonchev–Trinajstić information content (AvgIpc) is 3.61. The summed E-state index contributed by atoms with van der Waals surface area (Å²) in [6.07, 6.45) is 15.7. The van der Waals surface area contributed by atoms with Gasteiger partial charge in [0.1, 0.15) is 17.7 Å². The lowest BCUT2D eigenvalue weighted by Gasteiger charge is -2.56. The van der Waals surface area contributed by atoms with E-state index >= 15 is 0 Å². The molecule has 196 valence electrons. The summed E-state index contributed by atoms with van der Waals surface area (Å²) in [6.45, 7) is 2.46. The number of rotatable bonds is 5. The molecule has 0 radical (unpaired) electrons. The van der Waals surface area contributed by atoms with Crippen molar-refractivity contribution in [1.29, 1.82) is 5.26 Å². The van der Waals surface area contributed by atoms with Gasteiger partial charge in [-0.25, -0.2) is 13.9 Å². The Morgan fingerprint density at radius 3 is 2.50 bits per heavy atom. The monoisotopic (exact) mass is 528 g/mol. The van der Waals surface area contributed by atoms with Crippen LogP contribution in [0.25, 0.3) is 27.8 Å². The number of nitrogens with zero attached hydrogens (tertiary/aromatic N) is 8. The number of benzene rings is 1. The van der Waals surface area contributed by atoms with Gasteiger partial charge in [0.2, 0.25) is 0 Å². The van der Waals surface area contributed by atoms with E-state index in [-0.39, 0.29) is 5.82 Å². The fourth-order valence-corrected chi connectivity index (χ4v) is 6.00. The highest BCUT2D eigenvalue weighted by atomic mass is 19.1. The topological polar surface area (TPSA) is 78.3 Å². The van der Waals surface area contributed by atoms with Crippen molar-refractivity contribution in [2.45, 2.75) is 25.0 Å². The zero-order valence-corrected chi connectivity index (χ0v) is 21.9. The quantitative estimate of drug-likeness (QED) is 0.318. The molecule has 0 aliphatic carbocycles. The molecule has 3 saturated heterocycles. The summed E-state index contributed by atoms with van der Waals surface area (Å²) in [5, 5.41) is 18.4. The third-order valence-electron chi connectivity index (χ3n) is 8.05. The molecule has 0 saturated carbocycles. The number of piperidine rings is 1. The van der Waals surface area contributed by atoms with Crippen molar-refractivity contribution in [3.8, 4) is 40.7 Å². The zero-order valence-electron chi connectivity index (χ0n) is 21.9. The lowest BCUT2D eigenvalue weighted by Crippen LogP contribution is -2.68. The standard InChI is InChI=1S/C31H25FN8/c1-3-21-5-4-20(8-29(21)32)15-39-26-10-27(39)19-38(18-26)30-7-6-22(12-34-30)28-9-23(25-14-35-37(2)16-25)17-40-31(28)24(11-33)13-36-40/h1,4-9,12-14,16-17,26-27H,10,15,18-19H2,2H3. The van der Waals surface area contributed by atoms with Crippen molar-refractivity contribution in [3.63, 3.8) is 0 Å². The first kappa shape index (κ1) is 24.1. The van der Waals surface area contributed by atoms with Gasteiger partial charge in [0.15, 0.2) is 0 Å². The van der Waals surface area contributed by atoms with Crippen LogP contribution in [-0.4, -0.2) is 54.5 Å². The Labute approximate surface area is 230 Å². The molecule has 3 aliphatic rings. The van der Waals surface area contributed by atoms with Crippen LogP contribution in [0.2, 0.25) is 0 Å². The van der Waals surface area contributed by atoms with Crippen LogP contribution >= 0.6 is 0 Å². The van der Waals surface area contributed by atoms with Crippen molar-refractivity contribution in [2.24, 2.45) is 7.05 Å². The van der Waals surface area contributed by atoms with Gasteiger partial charge in [-0.1, -0.05) is 12.0 Å². The Morgan fingerprint density at radius 1 is 0.975 bits per heavy atom. The third kappa shape index (κ3) is 4.00. The number of nitriles is 1. The maximum atomic E-state index is 14.2. The molecule has 1 aromatic carbocycles. The van der Waals surface area contributed by atoms with E-state index in [1.54, 1.807) is 27.5 Å². The summed E-state index contributed by atoms with van der Waals surface area (Å²) in [4.78, 5) is 9.60. The molecule has 4 aromatic heterocycles. The number of hydrogen-bond acceptors (Lipinski definition) is 6. The molecule has 3 aliphatic heterocycles. The number of aromatic nitrogens is 5. The molecule has 0 N–H and O–H groups in total. The summed E-state index contributed by atoms with van der Waals surface area (Å²) in [7, 11) is 1.88. The van der Waals surface area contributed by atoms with E-state index in [2.05, 4.69) is 44.1 Å². The van der Waals surface area contributed by atoms with Gasteiger partial charge in [0.05, 0.1) is 29.0 Å². The first-order chi connectivity index (χ1) is 19.5. The lowest BCUT2D eigenvalue weighted by atomic mass is 9.86. The highest BCUT2D eigenvalue weighted by Gasteiger charge is 2.44. The minimum absolute atomic E-state index is 0.301. The second kappa shape index (κ2) is 9.33. The van der Waals surface area contributed by atoms with Crippen LogP contribution in [0, 0.1) is 29.5 Å². The number of terminal acetylenes is 1. The molecule has 3 fully saturated rings. The number of hydrogen-bond donors (Lipinski definition) is 0. The summed E-state index contributed by atoms with van der Waals surface area (Å²) in [6, 6.07) is 14.4. The minimum Gasteiger partial charge on any atom is -0.353 e. The highest BCUT2D eigenvalue weighted by molar-refractivity contribution is 5.87. The van der Waals surface area contributed by atoms with Crippen LogP contribution < -0.4 is 4.90 Å². The van der Waals surface area contributed by atoms with E-state index in [0.717, 1.165) is 58.7 Å². The normalized spacial score (nSPS) is 18.4. The molecule has 2 bridgehead atoms. The van der Waals surface area contributed by atoms with Crippen molar-refractivity contribution in [1.82, 2.24) is 29.3 Å². The number of pyridine rings is 2. The van der Waals surface area contributed by atoms with E-state index in [0.29, 0.717) is 29.8 Å². The van der Waals surface area contributed by atoms with Gasteiger partial charge in [-0.2, -0.15) is 15.5 Å². The molecule has 2 atom stereocenters. The Kier molecular flexibility index (Phi) is 5.62. The molecular weight excluding hydrogens is 503 g/mol. The van der Waals surface area contributed by atoms with Crippen LogP contribution in [-0.2, 0) is 13.6 Å². The number of halogens is 1. The number of fused-ring (bicyclic) bond motifs is 3. The fourth-order valence-electron chi connectivity index (χ4n) is 6.00. The van der Waals surface area contributed by atoms with Crippen molar-refractivity contribution >= 4 is 11.3 Å². The van der Waals surface area contributed by atoms with E-state index in [9.17, 15) is 9.65 Å². The molecule has 8 rings (SSSR count). The van der Waals surface area contributed by atoms with E-state index in [1.165, 1.54) is 0 Å². The Hall–Kier alpha value is -4.99. The van der Waals surface area contributed by atoms with Gasteiger partial charge in [-0.05, 0) is 42.3 Å². The van der Waals surface area contributed by atoms with Gasteiger partial charge >= 0.3 is 0 Å². The second-order valence-electron chi connectivity index (χ2n) is 10.5. The lowest BCUT2D eigenvalue weighted by molar-refractivity contribution is -0.00874. The Balaban J connectivity index is 1.12. The summed E-state index contributed by atoms with van der Waals surface area (Å²) < 4.78 is 17.7. The predicted octanol–water partition coefficient (Wildman–Crippen LogP) is 4.25. The molecule has 0 amide bonds. The van der Waals surface area contributed by atoms with Crippen LogP contribution in [0.3, 0.4) is 0 Å². The Morgan fingerprint density at radius 2 is 1.82 bits per heavy atom. The van der Waals surface area contributed by atoms with E-state index in [1.807, 2.05) is 44.0 Å². The van der Waals surface area contributed by atoms with Gasteiger partial charge in [-0.3, -0.25) is 9.58 Å². The van der Waals surface area contributed by atoms with Gasteiger partial charge < -0.3 is 4.90 Å². The smallest absolute Gasteiger partial charge is 0.139 e. The second-order valence-corrected chi connectivity index (χ2v) is 10.5. The van der Waals surface area contributed by atoms with Crippen molar-refractivity contribution in [3.05, 3.63) is 89.9 Å². The van der Waals surface area contributed by atoms with Crippen LogP contribution in [0.15, 0.2) is 67.4 Å². The van der Waals surface area contributed by atoms with Crippen LogP contribution in [0.1, 0.15) is 23.1 Å². The maximum absolute atomic E-state index is 14.2. The molecule has 9 heteroatoms. The first-order valence-electron chi connectivity index (χ1n) is 13.1. The largest absolute Gasteiger partial charge is 0.353 e. The van der Waals surface area contributed by atoms with Crippen LogP contribution in [0.5, 0.6) is 0 Å². The molecule has 8 nitrogen and oxygen atoms in total. The van der Waals surface area contributed by atoms with Gasteiger partial charge in [0, 0.05) is 79.6 Å². The van der Waals surface area contributed by atoms with Gasteiger partial charge in [0.25, 0.3) is 0 Å². The molecule has 2 unspecified atom stereocenters. The van der Waals surface area contributed by atoms with E-state index in [4.69, 9.17) is 11.4 Å². The SMILES string of the molecule is C#Cc1ccc(CN2C3CC2CN(c2ccc(-c4cc(-c5cnn(C)c5)cn5ncc(C#N)c45)cn2)C3)cc1F. The number of anilines is 1. The highest BCUT2D eigenvalue weighted by Crippen LogP contribution is 2.37. The molecule has 0 spiro atoms. The van der Waals surface area contributed by atoms with Crippen molar-refractivity contribution < 1.29 is 4.39 Å². The Bertz CT molecular complexity index is 1830. The van der Waals surface area contributed by atoms with Crippen LogP contribution in [0.4, 0.5) is 10.2 Å².